The first-order valence-electron chi connectivity index (χ1n) is 11.3. The third kappa shape index (κ3) is 4.30. The highest BCUT2D eigenvalue weighted by Crippen LogP contribution is 2.38. The number of carbonyl (C=O) groups is 1. The molecule has 2 aromatic carbocycles. The van der Waals surface area contributed by atoms with Crippen LogP contribution in [0.3, 0.4) is 0 Å². The zero-order valence-electron chi connectivity index (χ0n) is 19.6. The van der Waals surface area contributed by atoms with Gasteiger partial charge in [0.1, 0.15) is 12.1 Å². The highest BCUT2D eigenvalue weighted by atomic mass is 19.3. The van der Waals surface area contributed by atoms with Gasteiger partial charge < -0.3 is 9.64 Å². The first kappa shape index (κ1) is 23.5. The van der Waals surface area contributed by atoms with Crippen LogP contribution in [-0.4, -0.2) is 56.5 Å². The van der Waals surface area contributed by atoms with Crippen LogP contribution in [0.15, 0.2) is 48.8 Å². The largest absolute Gasteiger partial charge is 0.495 e. The average molecular weight is 468 g/mol. The Bertz CT molecular complexity index is 1340. The van der Waals surface area contributed by atoms with Crippen molar-refractivity contribution in [2.45, 2.75) is 39.0 Å². The molecule has 1 atom stereocenters. The van der Waals surface area contributed by atoms with E-state index in [-0.39, 0.29) is 18.5 Å². The summed E-state index contributed by atoms with van der Waals surface area (Å²) in [5, 5.41) is 5.81. The summed E-state index contributed by atoms with van der Waals surface area (Å²) in [6.45, 7) is 5.26. The van der Waals surface area contributed by atoms with Gasteiger partial charge in [-0.3, -0.25) is 4.79 Å². The van der Waals surface area contributed by atoms with E-state index < -0.39 is 24.3 Å². The molecule has 0 spiro atoms. The molecule has 7 nitrogen and oxygen atoms in total. The molecule has 0 saturated carbocycles. The van der Waals surface area contributed by atoms with Crippen molar-refractivity contribution >= 4 is 22.5 Å². The second kappa shape index (κ2) is 9.32. The van der Waals surface area contributed by atoms with Gasteiger partial charge in [0.05, 0.1) is 24.9 Å². The number of carbonyl (C=O) groups excluding carboxylic acids is 1. The van der Waals surface area contributed by atoms with Crippen molar-refractivity contribution in [2.75, 3.05) is 20.2 Å². The van der Waals surface area contributed by atoms with Crippen molar-refractivity contribution < 1.29 is 18.3 Å². The van der Waals surface area contributed by atoms with E-state index in [1.807, 2.05) is 38.1 Å². The molecule has 1 amide bonds. The highest BCUT2D eigenvalue weighted by Gasteiger charge is 2.44. The summed E-state index contributed by atoms with van der Waals surface area (Å²) in [5.74, 6) is -3.43. The number of nitrogens with zero attached hydrogens (tertiary/aromatic N) is 5. The molecule has 178 valence electrons. The Morgan fingerprint density at radius 3 is 2.71 bits per heavy atom. The lowest BCUT2D eigenvalue weighted by atomic mass is 9.91. The third-order valence-electron chi connectivity index (χ3n) is 5.84. The number of amides is 1. The van der Waals surface area contributed by atoms with Gasteiger partial charge in [0, 0.05) is 30.0 Å². The number of alkyl halides is 2. The molecule has 5 rings (SSSR count). The standard InChI is InChI=1S/C23H21F2N5O2.C2H6/c1-14-9-19(30-22(28-14)26-13-27-30)16-10-23(24,25)12-29(11-16)21(31)18-8-7-15-5-3-4-6-17(15)20(18)32-2;1-2/h3-9,13,16H,10-12H2,1-2H3;1-2H3. The number of methoxy groups -OCH3 is 1. The van der Waals surface area contributed by atoms with Gasteiger partial charge in [-0.1, -0.05) is 44.2 Å². The molecule has 1 unspecified atom stereocenters. The van der Waals surface area contributed by atoms with Crippen molar-refractivity contribution in [2.24, 2.45) is 0 Å². The maximum absolute atomic E-state index is 14.8. The van der Waals surface area contributed by atoms with Gasteiger partial charge in [-0.05, 0) is 24.4 Å². The van der Waals surface area contributed by atoms with Gasteiger partial charge in [-0.15, -0.1) is 0 Å². The molecule has 0 radical (unpaired) electrons. The van der Waals surface area contributed by atoms with Gasteiger partial charge in [-0.2, -0.15) is 10.1 Å². The van der Waals surface area contributed by atoms with E-state index in [1.54, 1.807) is 25.1 Å². The monoisotopic (exact) mass is 467 g/mol. The third-order valence-corrected chi connectivity index (χ3v) is 5.84. The van der Waals surface area contributed by atoms with Gasteiger partial charge in [0.15, 0.2) is 0 Å². The number of halogens is 2. The first-order chi connectivity index (χ1) is 16.4. The molecule has 1 saturated heterocycles. The van der Waals surface area contributed by atoms with Crippen molar-refractivity contribution in [3.8, 4) is 5.75 Å². The number of aromatic nitrogens is 4. The Labute approximate surface area is 196 Å². The molecule has 2 aromatic heterocycles. The van der Waals surface area contributed by atoms with E-state index in [0.29, 0.717) is 22.9 Å². The second-order valence-corrected chi connectivity index (χ2v) is 8.10. The van der Waals surface area contributed by atoms with Crippen LogP contribution in [0.4, 0.5) is 8.78 Å². The number of aryl methyl sites for hydroxylation is 1. The molecule has 9 heteroatoms. The quantitative estimate of drug-likeness (QED) is 0.429. The average Bonchev–Trinajstić information content (AvgIpc) is 3.31. The highest BCUT2D eigenvalue weighted by molar-refractivity contribution is 6.04. The van der Waals surface area contributed by atoms with Crippen LogP contribution in [0.2, 0.25) is 0 Å². The normalized spacial score (nSPS) is 17.4. The van der Waals surface area contributed by atoms with E-state index in [1.165, 1.54) is 22.9 Å². The molecule has 0 aliphatic carbocycles. The number of ether oxygens (including phenoxy) is 1. The van der Waals surface area contributed by atoms with E-state index in [9.17, 15) is 13.6 Å². The minimum Gasteiger partial charge on any atom is -0.495 e. The topological polar surface area (TPSA) is 72.6 Å². The van der Waals surface area contributed by atoms with Gasteiger partial charge in [0.2, 0.25) is 0 Å². The summed E-state index contributed by atoms with van der Waals surface area (Å²) in [4.78, 5) is 23.0. The SMILES string of the molecule is CC.COc1c(C(=O)N2CC(c3cc(C)nc4ncnn34)CC(F)(F)C2)ccc2ccccc12. The van der Waals surface area contributed by atoms with E-state index >= 15 is 0 Å². The Kier molecular flexibility index (Phi) is 6.45. The Hall–Kier alpha value is -3.62. The second-order valence-electron chi connectivity index (χ2n) is 8.10. The molecular formula is C25H27F2N5O2. The Morgan fingerprint density at radius 1 is 1.18 bits per heavy atom. The fourth-order valence-corrected chi connectivity index (χ4v) is 4.50. The van der Waals surface area contributed by atoms with Crippen molar-refractivity contribution in [3.05, 3.63) is 65.7 Å². The van der Waals surface area contributed by atoms with Gasteiger partial charge in [-0.25, -0.2) is 18.3 Å². The smallest absolute Gasteiger partial charge is 0.266 e. The minimum absolute atomic E-state index is 0.128. The molecule has 4 aromatic rings. The summed E-state index contributed by atoms with van der Waals surface area (Å²) < 4.78 is 36.7. The van der Waals surface area contributed by atoms with E-state index in [4.69, 9.17) is 4.74 Å². The molecule has 0 bridgehead atoms. The molecule has 0 N–H and O–H groups in total. The molecule has 34 heavy (non-hydrogen) atoms. The van der Waals surface area contributed by atoms with E-state index in [2.05, 4.69) is 15.1 Å². The van der Waals surface area contributed by atoms with Crippen LogP contribution in [0.1, 0.15) is 47.9 Å². The molecule has 1 aliphatic rings. The Morgan fingerprint density at radius 2 is 1.94 bits per heavy atom. The van der Waals surface area contributed by atoms with Crippen LogP contribution in [0.25, 0.3) is 16.6 Å². The summed E-state index contributed by atoms with van der Waals surface area (Å²) in [6.07, 6.45) is 0.957. The van der Waals surface area contributed by atoms with Crippen LogP contribution in [0, 0.1) is 6.92 Å². The minimum atomic E-state index is -3.05. The predicted molar refractivity (Wildman–Crippen MR) is 126 cm³/mol. The maximum Gasteiger partial charge on any atom is 0.266 e. The summed E-state index contributed by atoms with van der Waals surface area (Å²) in [7, 11) is 1.48. The van der Waals surface area contributed by atoms with E-state index in [0.717, 1.165) is 10.8 Å². The van der Waals surface area contributed by atoms with Crippen LogP contribution in [-0.2, 0) is 0 Å². The van der Waals surface area contributed by atoms with Crippen molar-refractivity contribution in [1.29, 1.82) is 0 Å². The Balaban J connectivity index is 0.00000133. The maximum atomic E-state index is 14.8. The molecule has 1 aliphatic heterocycles. The lowest BCUT2D eigenvalue weighted by Gasteiger charge is -2.38. The van der Waals surface area contributed by atoms with Crippen molar-refractivity contribution in [1.82, 2.24) is 24.5 Å². The summed E-state index contributed by atoms with van der Waals surface area (Å²) in [6, 6.07) is 12.7. The predicted octanol–water partition coefficient (Wildman–Crippen LogP) is 4.89. The summed E-state index contributed by atoms with van der Waals surface area (Å²) >= 11 is 0. The number of benzene rings is 2. The molecular weight excluding hydrogens is 440 g/mol. The number of likely N-dealkylation sites (tertiary alicyclic amines) is 1. The molecule has 1 fully saturated rings. The zero-order valence-corrected chi connectivity index (χ0v) is 19.6. The lowest BCUT2D eigenvalue weighted by Crippen LogP contribution is -2.49. The number of hydrogen-bond donors (Lipinski definition) is 0. The van der Waals surface area contributed by atoms with Crippen LogP contribution >= 0.6 is 0 Å². The number of piperidine rings is 1. The van der Waals surface area contributed by atoms with Crippen molar-refractivity contribution in [3.63, 3.8) is 0 Å². The zero-order chi connectivity index (χ0) is 24.5. The number of fused-ring (bicyclic) bond motifs is 2. The van der Waals surface area contributed by atoms with Gasteiger partial charge >= 0.3 is 0 Å². The number of rotatable bonds is 3. The lowest BCUT2D eigenvalue weighted by molar-refractivity contribution is -0.0641. The number of hydrogen-bond acceptors (Lipinski definition) is 5. The summed E-state index contributed by atoms with van der Waals surface area (Å²) in [5.41, 5.74) is 1.48. The van der Waals surface area contributed by atoms with Crippen LogP contribution < -0.4 is 4.74 Å². The fraction of sp³-hybridized carbons (Fsp3) is 0.360. The molecule has 3 heterocycles. The first-order valence-corrected chi connectivity index (χ1v) is 11.3. The van der Waals surface area contributed by atoms with Crippen LogP contribution in [0.5, 0.6) is 5.75 Å². The van der Waals surface area contributed by atoms with Gasteiger partial charge in [0.25, 0.3) is 17.6 Å². The fourth-order valence-electron chi connectivity index (χ4n) is 4.50.